The Kier molecular flexibility index (Phi) is 4.05. The summed E-state index contributed by atoms with van der Waals surface area (Å²) in [5.74, 6) is -0.314. The number of anilines is 1. The minimum Gasteiger partial charge on any atom is -0.497 e. The van der Waals surface area contributed by atoms with E-state index in [1.165, 1.54) is 0 Å². The van der Waals surface area contributed by atoms with Gasteiger partial charge in [-0.1, -0.05) is 30.3 Å². The van der Waals surface area contributed by atoms with Gasteiger partial charge in [0.25, 0.3) is 0 Å². The zero-order valence-electron chi connectivity index (χ0n) is 13.1. The first kappa shape index (κ1) is 14.9. The molecule has 1 N–H and O–H groups in total. The van der Waals surface area contributed by atoms with Crippen molar-refractivity contribution < 1.29 is 9.84 Å². The summed E-state index contributed by atoms with van der Waals surface area (Å²) >= 11 is 0. The molecule has 1 atom stereocenters. The lowest BCUT2D eigenvalue weighted by Crippen LogP contribution is -2.61. The Morgan fingerprint density at radius 2 is 1.68 bits per heavy atom. The minimum absolute atomic E-state index is 0.808. The van der Waals surface area contributed by atoms with E-state index in [2.05, 4.69) is 0 Å². The average Bonchev–Trinajstić information content (AvgIpc) is 2.58. The van der Waals surface area contributed by atoms with E-state index in [0.717, 1.165) is 36.5 Å². The molecule has 2 aromatic rings. The van der Waals surface area contributed by atoms with Gasteiger partial charge in [0.2, 0.25) is 5.85 Å². The highest BCUT2D eigenvalue weighted by atomic mass is 16.5. The van der Waals surface area contributed by atoms with Crippen LogP contribution in [0.4, 0.5) is 5.69 Å². The standard InChI is InChI=1S/C18H22N2O2/c1-19-13-6-14-20(16-9-11-17(22-2)12-10-16)18(19,21)15-7-4-3-5-8-15/h3-5,7-12,21H,6,13-14H2,1-2H3. The van der Waals surface area contributed by atoms with Gasteiger partial charge in [-0.25, -0.2) is 0 Å². The largest absolute Gasteiger partial charge is 0.497 e. The lowest BCUT2D eigenvalue weighted by molar-refractivity contribution is -0.118. The van der Waals surface area contributed by atoms with E-state index in [-0.39, 0.29) is 0 Å². The molecule has 0 aliphatic carbocycles. The maximum Gasteiger partial charge on any atom is 0.225 e. The number of methoxy groups -OCH3 is 1. The molecule has 0 amide bonds. The van der Waals surface area contributed by atoms with Crippen molar-refractivity contribution in [3.63, 3.8) is 0 Å². The Morgan fingerprint density at radius 3 is 2.32 bits per heavy atom. The zero-order valence-corrected chi connectivity index (χ0v) is 13.1. The van der Waals surface area contributed by atoms with E-state index in [1.807, 2.05) is 71.4 Å². The summed E-state index contributed by atoms with van der Waals surface area (Å²) in [4.78, 5) is 4.04. The van der Waals surface area contributed by atoms with Crippen molar-refractivity contribution in [2.24, 2.45) is 0 Å². The molecule has 0 spiro atoms. The van der Waals surface area contributed by atoms with Gasteiger partial charge >= 0.3 is 0 Å². The summed E-state index contributed by atoms with van der Waals surface area (Å²) < 4.78 is 5.22. The van der Waals surface area contributed by atoms with Crippen LogP contribution < -0.4 is 9.64 Å². The lowest BCUT2D eigenvalue weighted by atomic mass is 10.0. The van der Waals surface area contributed by atoms with E-state index >= 15 is 0 Å². The lowest BCUT2D eigenvalue weighted by Gasteiger charge is -2.50. The SMILES string of the molecule is COc1ccc(N2CCCN(C)C2(O)c2ccccc2)cc1. The quantitative estimate of drug-likeness (QED) is 0.945. The molecule has 1 heterocycles. The van der Waals surface area contributed by atoms with Crippen LogP contribution >= 0.6 is 0 Å². The normalized spacial score (nSPS) is 22.6. The summed E-state index contributed by atoms with van der Waals surface area (Å²) in [6.45, 7) is 1.67. The molecular weight excluding hydrogens is 276 g/mol. The van der Waals surface area contributed by atoms with Gasteiger partial charge in [-0.3, -0.25) is 4.90 Å². The molecule has 4 heteroatoms. The first-order valence-corrected chi connectivity index (χ1v) is 7.57. The molecule has 0 radical (unpaired) electrons. The predicted octanol–water partition coefficient (Wildman–Crippen LogP) is 2.64. The van der Waals surface area contributed by atoms with Crippen molar-refractivity contribution in [1.82, 2.24) is 4.90 Å². The van der Waals surface area contributed by atoms with E-state index in [0.29, 0.717) is 0 Å². The molecule has 22 heavy (non-hydrogen) atoms. The molecule has 3 rings (SSSR count). The number of rotatable bonds is 3. The maximum atomic E-state index is 11.5. The fourth-order valence-corrected chi connectivity index (χ4v) is 3.09. The second-order valence-electron chi connectivity index (χ2n) is 5.63. The fourth-order valence-electron chi connectivity index (χ4n) is 3.09. The first-order chi connectivity index (χ1) is 10.7. The van der Waals surface area contributed by atoms with Crippen molar-refractivity contribution in [2.75, 3.05) is 32.1 Å². The summed E-state index contributed by atoms with van der Waals surface area (Å²) in [6, 6.07) is 17.7. The third-order valence-corrected chi connectivity index (χ3v) is 4.33. The highest BCUT2D eigenvalue weighted by Gasteiger charge is 2.43. The number of aliphatic hydroxyl groups is 1. The van der Waals surface area contributed by atoms with Crippen LogP contribution in [0.1, 0.15) is 12.0 Å². The third kappa shape index (κ3) is 2.45. The molecule has 1 unspecified atom stereocenters. The van der Waals surface area contributed by atoms with Gasteiger partial charge in [0.05, 0.1) is 7.11 Å². The highest BCUT2D eigenvalue weighted by molar-refractivity contribution is 5.52. The molecule has 0 saturated carbocycles. The van der Waals surface area contributed by atoms with Gasteiger partial charge in [0.1, 0.15) is 5.75 Å². The molecule has 2 aromatic carbocycles. The van der Waals surface area contributed by atoms with Gasteiger partial charge < -0.3 is 14.7 Å². The number of nitrogens with zero attached hydrogens (tertiary/aromatic N) is 2. The number of hydrogen-bond acceptors (Lipinski definition) is 4. The molecule has 4 nitrogen and oxygen atoms in total. The number of benzene rings is 2. The van der Waals surface area contributed by atoms with Gasteiger partial charge in [0, 0.05) is 24.3 Å². The van der Waals surface area contributed by atoms with Crippen LogP contribution in [0, 0.1) is 0 Å². The Hall–Kier alpha value is -2.04. The topological polar surface area (TPSA) is 35.9 Å². The van der Waals surface area contributed by atoms with Gasteiger partial charge in [0.15, 0.2) is 0 Å². The average molecular weight is 298 g/mol. The highest BCUT2D eigenvalue weighted by Crippen LogP contribution is 2.36. The van der Waals surface area contributed by atoms with Gasteiger partial charge in [-0.15, -0.1) is 0 Å². The molecule has 116 valence electrons. The van der Waals surface area contributed by atoms with Crippen LogP contribution in [0.15, 0.2) is 54.6 Å². The van der Waals surface area contributed by atoms with Crippen molar-refractivity contribution >= 4 is 5.69 Å². The Balaban J connectivity index is 2.03. The monoisotopic (exact) mass is 298 g/mol. The van der Waals surface area contributed by atoms with Crippen molar-refractivity contribution in [3.05, 3.63) is 60.2 Å². The third-order valence-electron chi connectivity index (χ3n) is 4.33. The van der Waals surface area contributed by atoms with Crippen LogP contribution in [0.25, 0.3) is 0 Å². The van der Waals surface area contributed by atoms with Crippen molar-refractivity contribution in [1.29, 1.82) is 0 Å². The molecule has 0 aromatic heterocycles. The van der Waals surface area contributed by atoms with E-state index < -0.39 is 5.85 Å². The van der Waals surface area contributed by atoms with E-state index in [4.69, 9.17) is 4.74 Å². The Labute approximate surface area is 131 Å². The second-order valence-corrected chi connectivity index (χ2v) is 5.63. The van der Waals surface area contributed by atoms with Crippen LogP contribution in [-0.2, 0) is 5.85 Å². The van der Waals surface area contributed by atoms with Crippen LogP contribution in [0.5, 0.6) is 5.75 Å². The van der Waals surface area contributed by atoms with E-state index in [9.17, 15) is 5.11 Å². The molecule has 1 aliphatic rings. The predicted molar refractivity (Wildman–Crippen MR) is 87.9 cm³/mol. The molecule has 1 aliphatic heterocycles. The number of ether oxygens (including phenoxy) is 1. The summed E-state index contributed by atoms with van der Waals surface area (Å²) in [7, 11) is 3.62. The smallest absolute Gasteiger partial charge is 0.225 e. The summed E-state index contributed by atoms with van der Waals surface area (Å²) in [6.07, 6.45) is 1.01. The second kappa shape index (κ2) is 5.99. The Morgan fingerprint density at radius 1 is 1.00 bits per heavy atom. The molecule has 1 fully saturated rings. The van der Waals surface area contributed by atoms with Crippen molar-refractivity contribution in [2.45, 2.75) is 12.3 Å². The zero-order chi connectivity index (χ0) is 15.6. The first-order valence-electron chi connectivity index (χ1n) is 7.57. The molecule has 0 bridgehead atoms. The van der Waals surface area contributed by atoms with Crippen LogP contribution in [0.3, 0.4) is 0 Å². The van der Waals surface area contributed by atoms with E-state index in [1.54, 1.807) is 7.11 Å². The van der Waals surface area contributed by atoms with Gasteiger partial charge in [-0.05, 0) is 37.7 Å². The summed E-state index contributed by atoms with van der Waals surface area (Å²) in [5, 5.41) is 11.5. The number of hydrogen-bond donors (Lipinski definition) is 1. The van der Waals surface area contributed by atoms with Gasteiger partial charge in [-0.2, -0.15) is 0 Å². The van der Waals surface area contributed by atoms with Crippen LogP contribution in [0.2, 0.25) is 0 Å². The molecular formula is C18H22N2O2. The maximum absolute atomic E-state index is 11.5. The minimum atomic E-state index is -1.13. The fraction of sp³-hybridized carbons (Fsp3) is 0.333. The molecule has 1 saturated heterocycles. The Bertz CT molecular complexity index is 615. The van der Waals surface area contributed by atoms with Crippen LogP contribution in [-0.4, -0.2) is 37.3 Å². The summed E-state index contributed by atoms with van der Waals surface area (Å²) in [5.41, 5.74) is 1.87. The van der Waals surface area contributed by atoms with Crippen molar-refractivity contribution in [3.8, 4) is 5.75 Å².